The summed E-state index contributed by atoms with van der Waals surface area (Å²) in [6.07, 6.45) is 0. The van der Waals surface area contributed by atoms with Crippen LogP contribution in [0.3, 0.4) is 0 Å². The number of halogens is 1. The van der Waals surface area contributed by atoms with Gasteiger partial charge in [0.05, 0.1) is 27.5 Å². The summed E-state index contributed by atoms with van der Waals surface area (Å²) >= 11 is 9.58. The molecule has 0 saturated carbocycles. The summed E-state index contributed by atoms with van der Waals surface area (Å²) in [4.78, 5) is 22.7. The molecule has 0 bridgehead atoms. The number of nitrogens with zero attached hydrogens (tertiary/aromatic N) is 3. The summed E-state index contributed by atoms with van der Waals surface area (Å²) in [5.74, 6) is 0.869. The van der Waals surface area contributed by atoms with Gasteiger partial charge < -0.3 is 9.80 Å². The van der Waals surface area contributed by atoms with Crippen LogP contribution in [0.1, 0.15) is 16.1 Å². The van der Waals surface area contributed by atoms with Gasteiger partial charge in [-0.3, -0.25) is 4.79 Å². The first-order valence-electron chi connectivity index (χ1n) is 9.10. The maximum Gasteiger partial charge on any atom is 0.255 e. The summed E-state index contributed by atoms with van der Waals surface area (Å²) in [6, 6.07) is 15.7. The highest BCUT2D eigenvalue weighted by atomic mass is 35.5. The Hall–Kier alpha value is -2.02. The number of rotatable bonds is 5. The van der Waals surface area contributed by atoms with E-state index in [1.807, 2.05) is 64.3 Å². The number of para-hydroxylation sites is 1. The SMILES string of the molecule is O=C(c1ccccc1SCc1cscn1)N1CCN(c2ccccc2Cl)CC1. The lowest BCUT2D eigenvalue weighted by Crippen LogP contribution is -2.49. The zero-order valence-electron chi connectivity index (χ0n) is 15.3. The summed E-state index contributed by atoms with van der Waals surface area (Å²) < 4.78 is 0. The molecule has 3 aromatic rings. The van der Waals surface area contributed by atoms with Crippen LogP contribution in [0, 0.1) is 0 Å². The number of thioether (sulfide) groups is 1. The molecular weight excluding hydrogens is 410 g/mol. The molecule has 1 aliphatic rings. The first-order chi connectivity index (χ1) is 13.7. The van der Waals surface area contributed by atoms with Crippen LogP contribution in [-0.2, 0) is 5.75 Å². The minimum atomic E-state index is 0.0974. The number of hydrogen-bond acceptors (Lipinski definition) is 5. The number of amides is 1. The van der Waals surface area contributed by atoms with Crippen LogP contribution in [0.4, 0.5) is 5.69 Å². The van der Waals surface area contributed by atoms with Gasteiger partial charge in [-0.2, -0.15) is 0 Å². The van der Waals surface area contributed by atoms with E-state index in [1.165, 1.54) is 0 Å². The highest BCUT2D eigenvalue weighted by Crippen LogP contribution is 2.29. The van der Waals surface area contributed by atoms with Gasteiger partial charge >= 0.3 is 0 Å². The third-order valence-electron chi connectivity index (χ3n) is 4.74. The first kappa shape index (κ1) is 19.3. The van der Waals surface area contributed by atoms with E-state index in [-0.39, 0.29) is 5.91 Å². The molecule has 0 atom stereocenters. The molecule has 28 heavy (non-hydrogen) atoms. The lowest BCUT2D eigenvalue weighted by Gasteiger charge is -2.36. The average molecular weight is 430 g/mol. The average Bonchev–Trinajstić information content (AvgIpc) is 3.26. The van der Waals surface area contributed by atoms with Crippen molar-refractivity contribution in [3.8, 4) is 0 Å². The number of carbonyl (C=O) groups is 1. The van der Waals surface area contributed by atoms with Gasteiger partial charge in [-0.25, -0.2) is 4.98 Å². The van der Waals surface area contributed by atoms with Crippen molar-refractivity contribution >= 4 is 46.3 Å². The molecule has 2 heterocycles. The zero-order chi connectivity index (χ0) is 19.3. The van der Waals surface area contributed by atoms with Crippen LogP contribution in [-0.4, -0.2) is 42.0 Å². The largest absolute Gasteiger partial charge is 0.367 e. The van der Waals surface area contributed by atoms with Crippen molar-refractivity contribution in [2.45, 2.75) is 10.6 Å². The van der Waals surface area contributed by atoms with E-state index in [4.69, 9.17) is 11.6 Å². The fourth-order valence-corrected chi connectivity index (χ4v) is 5.12. The normalized spacial score (nSPS) is 14.3. The Morgan fingerprint density at radius 2 is 1.82 bits per heavy atom. The van der Waals surface area contributed by atoms with Crippen molar-refractivity contribution in [3.63, 3.8) is 0 Å². The van der Waals surface area contributed by atoms with E-state index in [9.17, 15) is 4.79 Å². The molecule has 0 radical (unpaired) electrons. The highest BCUT2D eigenvalue weighted by molar-refractivity contribution is 7.98. The molecule has 1 saturated heterocycles. The number of hydrogen-bond donors (Lipinski definition) is 0. The Labute approximate surface area is 178 Å². The lowest BCUT2D eigenvalue weighted by molar-refractivity contribution is 0.0743. The minimum absolute atomic E-state index is 0.0974. The fourth-order valence-electron chi connectivity index (χ4n) is 3.26. The number of aromatic nitrogens is 1. The van der Waals surface area contributed by atoms with E-state index in [0.29, 0.717) is 13.1 Å². The van der Waals surface area contributed by atoms with E-state index >= 15 is 0 Å². The molecule has 1 amide bonds. The van der Waals surface area contributed by atoms with Crippen molar-refractivity contribution in [1.82, 2.24) is 9.88 Å². The van der Waals surface area contributed by atoms with Crippen molar-refractivity contribution in [2.24, 2.45) is 0 Å². The van der Waals surface area contributed by atoms with Gasteiger partial charge in [-0.1, -0.05) is 35.9 Å². The third kappa shape index (κ3) is 4.35. The van der Waals surface area contributed by atoms with Crippen LogP contribution in [0.5, 0.6) is 0 Å². The van der Waals surface area contributed by atoms with Gasteiger partial charge in [0.2, 0.25) is 0 Å². The first-order valence-corrected chi connectivity index (χ1v) is 11.4. The summed E-state index contributed by atoms with van der Waals surface area (Å²) in [7, 11) is 0. The van der Waals surface area contributed by atoms with E-state index in [1.54, 1.807) is 23.1 Å². The summed E-state index contributed by atoms with van der Waals surface area (Å²) in [5.41, 5.74) is 4.70. The van der Waals surface area contributed by atoms with E-state index in [2.05, 4.69) is 9.88 Å². The Bertz CT molecular complexity index is 940. The topological polar surface area (TPSA) is 36.4 Å². The molecule has 4 nitrogen and oxygen atoms in total. The number of carbonyl (C=O) groups excluding carboxylic acids is 1. The number of thiazole rings is 1. The van der Waals surface area contributed by atoms with Gasteiger partial charge in [0.25, 0.3) is 5.91 Å². The molecule has 7 heteroatoms. The molecule has 1 fully saturated rings. The Balaban J connectivity index is 1.42. The molecule has 144 valence electrons. The zero-order valence-corrected chi connectivity index (χ0v) is 17.6. The van der Waals surface area contributed by atoms with Gasteiger partial charge in [-0.05, 0) is 24.3 Å². The van der Waals surface area contributed by atoms with E-state index < -0.39 is 0 Å². The predicted molar refractivity (Wildman–Crippen MR) is 118 cm³/mol. The molecule has 0 unspecified atom stereocenters. The fraction of sp³-hybridized carbons (Fsp3) is 0.238. The van der Waals surface area contributed by atoms with Gasteiger partial charge in [-0.15, -0.1) is 23.1 Å². The Morgan fingerprint density at radius 1 is 1.07 bits per heavy atom. The molecule has 4 rings (SSSR count). The Kier molecular flexibility index (Phi) is 6.20. The van der Waals surface area contributed by atoms with Crippen LogP contribution >= 0.6 is 34.7 Å². The standard InChI is InChI=1S/C21H20ClN3OS2/c22-18-6-2-3-7-19(18)24-9-11-25(12-10-24)21(26)17-5-1-4-8-20(17)28-14-16-13-27-15-23-16/h1-8,13,15H,9-12,14H2. The van der Waals surface area contributed by atoms with Crippen LogP contribution in [0.15, 0.2) is 64.3 Å². The van der Waals surface area contributed by atoms with Gasteiger partial charge in [0, 0.05) is 42.2 Å². The number of benzene rings is 2. The second-order valence-corrected chi connectivity index (χ2v) is 8.64. The van der Waals surface area contributed by atoms with Crippen LogP contribution < -0.4 is 4.90 Å². The Morgan fingerprint density at radius 3 is 2.57 bits per heavy atom. The van der Waals surface area contributed by atoms with Crippen molar-refractivity contribution in [2.75, 3.05) is 31.1 Å². The molecule has 0 aliphatic carbocycles. The molecule has 1 aliphatic heterocycles. The molecule has 0 spiro atoms. The monoisotopic (exact) mass is 429 g/mol. The maximum absolute atomic E-state index is 13.1. The second-order valence-electron chi connectivity index (χ2n) is 6.50. The quantitative estimate of drug-likeness (QED) is 0.531. The summed E-state index contributed by atoms with van der Waals surface area (Å²) in [5, 5.41) is 2.80. The molecule has 2 aromatic carbocycles. The highest BCUT2D eigenvalue weighted by Gasteiger charge is 2.24. The van der Waals surface area contributed by atoms with Gasteiger partial charge in [0.15, 0.2) is 0 Å². The predicted octanol–water partition coefficient (Wildman–Crippen LogP) is 5.05. The third-order valence-corrected chi connectivity index (χ3v) is 6.80. The van der Waals surface area contributed by atoms with Gasteiger partial charge in [0.1, 0.15) is 0 Å². The molecule has 1 aromatic heterocycles. The van der Waals surface area contributed by atoms with Crippen molar-refractivity contribution in [1.29, 1.82) is 0 Å². The minimum Gasteiger partial charge on any atom is -0.367 e. The maximum atomic E-state index is 13.1. The molecular formula is C21H20ClN3OS2. The smallest absolute Gasteiger partial charge is 0.255 e. The number of piperazine rings is 1. The summed E-state index contributed by atoms with van der Waals surface area (Å²) in [6.45, 7) is 2.94. The van der Waals surface area contributed by atoms with E-state index in [0.717, 1.165) is 45.7 Å². The molecule has 0 N–H and O–H groups in total. The second kappa shape index (κ2) is 8.99. The lowest BCUT2D eigenvalue weighted by atomic mass is 10.1. The van der Waals surface area contributed by atoms with Crippen LogP contribution in [0.2, 0.25) is 5.02 Å². The van der Waals surface area contributed by atoms with Crippen molar-refractivity contribution in [3.05, 3.63) is 75.7 Å². The number of anilines is 1. The van der Waals surface area contributed by atoms with Crippen molar-refractivity contribution < 1.29 is 4.79 Å². The van der Waals surface area contributed by atoms with Crippen LogP contribution in [0.25, 0.3) is 0 Å².